The normalized spacial score (nSPS) is 11.7. The Morgan fingerprint density at radius 3 is 2.30 bits per heavy atom. The van der Waals surface area contributed by atoms with Gasteiger partial charge in [-0.15, -0.1) is 0 Å². The summed E-state index contributed by atoms with van der Waals surface area (Å²) in [5.41, 5.74) is -0.283. The summed E-state index contributed by atoms with van der Waals surface area (Å²) in [7, 11) is 0. The van der Waals surface area contributed by atoms with Gasteiger partial charge in [0.1, 0.15) is 0 Å². The van der Waals surface area contributed by atoms with Gasteiger partial charge in [0.05, 0.1) is 5.56 Å². The van der Waals surface area contributed by atoms with E-state index in [9.17, 15) is 13.2 Å². The predicted octanol–water partition coefficient (Wildman–Crippen LogP) is 6.13. The first-order valence-electron chi connectivity index (χ1n) is 7.05. The van der Waals surface area contributed by atoms with Gasteiger partial charge in [-0.3, -0.25) is 0 Å². The highest BCUT2D eigenvalue weighted by molar-refractivity contribution is 6.30. The third-order valence-corrected chi connectivity index (χ3v) is 3.30. The van der Waals surface area contributed by atoms with E-state index in [1.165, 1.54) is 31.7 Å². The van der Waals surface area contributed by atoms with Crippen molar-refractivity contribution in [1.29, 1.82) is 0 Å². The van der Waals surface area contributed by atoms with Gasteiger partial charge >= 0.3 is 6.18 Å². The zero-order chi connectivity index (χ0) is 15.0. The molecule has 0 unspecified atom stereocenters. The number of hydrogen-bond donors (Lipinski definition) is 1. The Kier molecular flexibility index (Phi) is 7.20. The zero-order valence-electron chi connectivity index (χ0n) is 11.7. The fourth-order valence-electron chi connectivity index (χ4n) is 1.99. The van der Waals surface area contributed by atoms with Crippen LogP contribution in [-0.2, 0) is 6.18 Å². The van der Waals surface area contributed by atoms with Crippen molar-refractivity contribution < 1.29 is 13.2 Å². The lowest BCUT2D eigenvalue weighted by atomic mass is 10.1. The van der Waals surface area contributed by atoms with Crippen LogP contribution in [0.4, 0.5) is 18.9 Å². The summed E-state index contributed by atoms with van der Waals surface area (Å²) < 4.78 is 37.9. The summed E-state index contributed by atoms with van der Waals surface area (Å²) in [6, 6.07) is 3.56. The maximum Gasteiger partial charge on any atom is 0.416 e. The molecule has 0 aliphatic rings. The molecule has 5 heteroatoms. The minimum absolute atomic E-state index is 0.102. The van der Waals surface area contributed by atoms with Gasteiger partial charge < -0.3 is 5.32 Å². The van der Waals surface area contributed by atoms with Crippen LogP contribution in [0, 0.1) is 0 Å². The molecular formula is C15H21ClF3N. The smallest absolute Gasteiger partial charge is 0.385 e. The quantitative estimate of drug-likeness (QED) is 0.569. The van der Waals surface area contributed by atoms with Crippen LogP contribution in [0.3, 0.4) is 0 Å². The molecular weight excluding hydrogens is 287 g/mol. The van der Waals surface area contributed by atoms with Crippen LogP contribution in [0.25, 0.3) is 0 Å². The first-order chi connectivity index (χ1) is 9.43. The first-order valence-corrected chi connectivity index (χ1v) is 7.43. The molecule has 0 bridgehead atoms. The van der Waals surface area contributed by atoms with E-state index >= 15 is 0 Å². The van der Waals surface area contributed by atoms with Crippen LogP contribution in [0.15, 0.2) is 18.2 Å². The molecule has 1 rings (SSSR count). The van der Waals surface area contributed by atoms with Gasteiger partial charge in [0.25, 0.3) is 0 Å². The Labute approximate surface area is 123 Å². The monoisotopic (exact) mass is 307 g/mol. The fourth-order valence-corrected chi connectivity index (χ4v) is 2.23. The number of unbranched alkanes of at least 4 members (excludes halogenated alkanes) is 5. The molecule has 20 heavy (non-hydrogen) atoms. The number of benzene rings is 1. The van der Waals surface area contributed by atoms with Crippen LogP contribution < -0.4 is 5.32 Å². The largest absolute Gasteiger partial charge is 0.416 e. The maximum atomic E-state index is 12.6. The van der Waals surface area contributed by atoms with Crippen molar-refractivity contribution in [2.24, 2.45) is 0 Å². The van der Waals surface area contributed by atoms with E-state index in [1.54, 1.807) is 0 Å². The van der Waals surface area contributed by atoms with E-state index in [0.717, 1.165) is 25.0 Å². The molecule has 0 radical (unpaired) electrons. The number of anilines is 1. The average molecular weight is 308 g/mol. The molecule has 1 N–H and O–H groups in total. The van der Waals surface area contributed by atoms with Gasteiger partial charge in [-0.25, -0.2) is 0 Å². The summed E-state index contributed by atoms with van der Waals surface area (Å²) in [4.78, 5) is 0. The van der Waals surface area contributed by atoms with Gasteiger partial charge in [-0.1, -0.05) is 50.6 Å². The average Bonchev–Trinajstić information content (AvgIpc) is 2.36. The van der Waals surface area contributed by atoms with E-state index < -0.39 is 11.7 Å². The van der Waals surface area contributed by atoms with E-state index in [1.807, 2.05) is 0 Å². The van der Waals surface area contributed by atoms with Gasteiger partial charge in [0.2, 0.25) is 0 Å². The third kappa shape index (κ3) is 6.51. The lowest BCUT2D eigenvalue weighted by Crippen LogP contribution is -2.07. The van der Waals surface area contributed by atoms with Crippen LogP contribution in [0.1, 0.15) is 51.0 Å². The second-order valence-electron chi connectivity index (χ2n) is 4.92. The SMILES string of the molecule is CCCCCCCCNc1cc(Cl)cc(C(F)(F)F)c1. The molecule has 1 aromatic carbocycles. The number of rotatable bonds is 8. The highest BCUT2D eigenvalue weighted by Gasteiger charge is 2.31. The summed E-state index contributed by atoms with van der Waals surface area (Å²) in [5, 5.41) is 3.11. The molecule has 114 valence electrons. The van der Waals surface area contributed by atoms with Gasteiger partial charge in [-0.05, 0) is 24.6 Å². The molecule has 0 atom stereocenters. The molecule has 0 aliphatic heterocycles. The molecule has 0 fully saturated rings. The minimum atomic E-state index is -4.36. The van der Waals surface area contributed by atoms with Crippen molar-refractivity contribution in [3.63, 3.8) is 0 Å². The van der Waals surface area contributed by atoms with Crippen molar-refractivity contribution >= 4 is 17.3 Å². The van der Waals surface area contributed by atoms with Crippen LogP contribution in [-0.4, -0.2) is 6.54 Å². The number of halogens is 4. The molecule has 0 saturated heterocycles. The van der Waals surface area contributed by atoms with Crippen molar-refractivity contribution in [2.45, 2.75) is 51.6 Å². The van der Waals surface area contributed by atoms with Gasteiger partial charge in [0, 0.05) is 17.3 Å². The van der Waals surface area contributed by atoms with E-state index in [2.05, 4.69) is 12.2 Å². The van der Waals surface area contributed by atoms with Crippen LogP contribution in [0.5, 0.6) is 0 Å². The summed E-state index contributed by atoms with van der Waals surface area (Å²) in [6.07, 6.45) is 2.56. The molecule has 0 aromatic heterocycles. The molecule has 0 saturated carbocycles. The van der Waals surface area contributed by atoms with Crippen molar-refractivity contribution in [3.8, 4) is 0 Å². The van der Waals surface area contributed by atoms with Gasteiger partial charge in [-0.2, -0.15) is 13.2 Å². The molecule has 1 aromatic rings. The molecule has 1 nitrogen and oxygen atoms in total. The fraction of sp³-hybridized carbons (Fsp3) is 0.600. The highest BCUT2D eigenvalue weighted by Crippen LogP contribution is 2.33. The lowest BCUT2D eigenvalue weighted by molar-refractivity contribution is -0.137. The Morgan fingerprint density at radius 2 is 1.65 bits per heavy atom. The lowest BCUT2D eigenvalue weighted by Gasteiger charge is -2.11. The minimum Gasteiger partial charge on any atom is -0.385 e. The second-order valence-corrected chi connectivity index (χ2v) is 5.36. The maximum absolute atomic E-state index is 12.6. The molecule has 0 aliphatic carbocycles. The van der Waals surface area contributed by atoms with Crippen LogP contribution >= 0.6 is 11.6 Å². The van der Waals surface area contributed by atoms with Gasteiger partial charge in [0.15, 0.2) is 0 Å². The highest BCUT2D eigenvalue weighted by atomic mass is 35.5. The Hall–Kier alpha value is -0.900. The van der Waals surface area contributed by atoms with Crippen molar-refractivity contribution in [2.75, 3.05) is 11.9 Å². The standard InChI is InChI=1S/C15H21ClF3N/c1-2-3-4-5-6-7-8-20-14-10-12(15(17,18)19)9-13(16)11-14/h9-11,20H,2-8H2,1H3. The number of nitrogens with one attached hydrogen (secondary N) is 1. The van der Waals surface area contributed by atoms with E-state index in [-0.39, 0.29) is 5.02 Å². The van der Waals surface area contributed by atoms with E-state index in [0.29, 0.717) is 12.2 Å². The summed E-state index contributed by atoms with van der Waals surface area (Å²) in [5.74, 6) is 0. The zero-order valence-corrected chi connectivity index (χ0v) is 12.4. The predicted molar refractivity (Wildman–Crippen MR) is 78.3 cm³/mol. The van der Waals surface area contributed by atoms with Crippen molar-refractivity contribution in [3.05, 3.63) is 28.8 Å². The molecule has 0 amide bonds. The number of alkyl halides is 3. The first kappa shape index (κ1) is 17.2. The Balaban J connectivity index is 2.39. The van der Waals surface area contributed by atoms with E-state index in [4.69, 9.17) is 11.6 Å². The number of hydrogen-bond acceptors (Lipinski definition) is 1. The Bertz CT molecular complexity index is 405. The summed E-state index contributed by atoms with van der Waals surface area (Å²) in [6.45, 7) is 2.84. The Morgan fingerprint density at radius 1 is 1.00 bits per heavy atom. The van der Waals surface area contributed by atoms with Crippen molar-refractivity contribution in [1.82, 2.24) is 0 Å². The second kappa shape index (κ2) is 8.40. The molecule has 0 heterocycles. The van der Waals surface area contributed by atoms with Crippen LogP contribution in [0.2, 0.25) is 5.02 Å². The topological polar surface area (TPSA) is 12.0 Å². The molecule has 0 spiro atoms. The summed E-state index contributed by atoms with van der Waals surface area (Å²) >= 11 is 5.71. The third-order valence-electron chi connectivity index (χ3n) is 3.08.